The summed E-state index contributed by atoms with van der Waals surface area (Å²) in [4.78, 5) is 38.3. The lowest BCUT2D eigenvalue weighted by molar-refractivity contribution is -0.152. The van der Waals surface area contributed by atoms with Crippen LogP contribution in [0.2, 0.25) is 0 Å². The molecule has 3 atom stereocenters. The molecule has 0 aromatic heterocycles. The first-order chi connectivity index (χ1) is 10.2. The number of carbonyl (C=O) groups excluding carboxylic acids is 3. The van der Waals surface area contributed by atoms with Crippen LogP contribution >= 0.6 is 0 Å². The van der Waals surface area contributed by atoms with Crippen molar-refractivity contribution in [3.8, 4) is 0 Å². The SMILES string of the molecule is CCOC(=O)C1C[C@@H]2CC[C@H](CC1=O)N2C(=O)OC(C)(C)C. The van der Waals surface area contributed by atoms with E-state index in [1.54, 1.807) is 11.8 Å². The summed E-state index contributed by atoms with van der Waals surface area (Å²) in [7, 11) is 0. The van der Waals surface area contributed by atoms with E-state index in [0.717, 1.165) is 12.8 Å². The number of amides is 1. The van der Waals surface area contributed by atoms with Crippen LogP contribution in [0.1, 0.15) is 53.4 Å². The number of esters is 1. The quantitative estimate of drug-likeness (QED) is 0.578. The summed E-state index contributed by atoms with van der Waals surface area (Å²) >= 11 is 0. The zero-order chi connectivity index (χ0) is 16.5. The van der Waals surface area contributed by atoms with Crippen molar-refractivity contribution >= 4 is 17.8 Å². The molecular formula is C16H25NO5. The molecule has 0 aliphatic carbocycles. The summed E-state index contributed by atoms with van der Waals surface area (Å²) < 4.78 is 10.4. The topological polar surface area (TPSA) is 72.9 Å². The summed E-state index contributed by atoms with van der Waals surface area (Å²) in [6.45, 7) is 7.43. The molecule has 1 amide bonds. The lowest BCUT2D eigenvalue weighted by atomic mass is 9.90. The molecular weight excluding hydrogens is 286 g/mol. The van der Waals surface area contributed by atoms with Gasteiger partial charge in [0.2, 0.25) is 0 Å². The molecule has 2 fully saturated rings. The second kappa shape index (κ2) is 6.26. The molecule has 2 heterocycles. The minimum atomic E-state index is -0.750. The van der Waals surface area contributed by atoms with E-state index in [0.29, 0.717) is 6.42 Å². The minimum absolute atomic E-state index is 0.124. The molecule has 2 aliphatic heterocycles. The maximum atomic E-state index is 12.4. The number of hydrogen-bond donors (Lipinski definition) is 0. The summed E-state index contributed by atoms with van der Waals surface area (Å²) in [5, 5.41) is 0. The molecule has 0 aromatic carbocycles. The highest BCUT2D eigenvalue weighted by Gasteiger charge is 2.47. The summed E-state index contributed by atoms with van der Waals surface area (Å²) in [6.07, 6.45) is 1.74. The van der Waals surface area contributed by atoms with Gasteiger partial charge in [-0.05, 0) is 47.0 Å². The van der Waals surface area contributed by atoms with Gasteiger partial charge >= 0.3 is 12.1 Å². The smallest absolute Gasteiger partial charge is 0.410 e. The first kappa shape index (κ1) is 16.8. The van der Waals surface area contributed by atoms with E-state index in [-0.39, 0.29) is 30.9 Å². The van der Waals surface area contributed by atoms with Crippen molar-refractivity contribution in [2.75, 3.05) is 6.61 Å². The van der Waals surface area contributed by atoms with Gasteiger partial charge in [0.05, 0.1) is 6.61 Å². The predicted molar refractivity (Wildman–Crippen MR) is 79.2 cm³/mol. The average molecular weight is 311 g/mol. The monoisotopic (exact) mass is 311 g/mol. The lowest BCUT2D eigenvalue weighted by Gasteiger charge is -2.31. The highest BCUT2D eigenvalue weighted by molar-refractivity contribution is 5.99. The van der Waals surface area contributed by atoms with Gasteiger partial charge in [-0.1, -0.05) is 0 Å². The van der Waals surface area contributed by atoms with Crippen LogP contribution in [0.25, 0.3) is 0 Å². The molecule has 22 heavy (non-hydrogen) atoms. The minimum Gasteiger partial charge on any atom is -0.465 e. The van der Waals surface area contributed by atoms with Crippen molar-refractivity contribution in [3.63, 3.8) is 0 Å². The molecule has 0 N–H and O–H groups in total. The van der Waals surface area contributed by atoms with E-state index in [4.69, 9.17) is 9.47 Å². The number of ether oxygens (including phenoxy) is 2. The number of rotatable bonds is 2. The van der Waals surface area contributed by atoms with Gasteiger partial charge in [0.25, 0.3) is 0 Å². The summed E-state index contributed by atoms with van der Waals surface area (Å²) in [5.74, 6) is -1.34. The zero-order valence-electron chi connectivity index (χ0n) is 13.8. The van der Waals surface area contributed by atoms with Crippen LogP contribution in [-0.2, 0) is 19.1 Å². The van der Waals surface area contributed by atoms with Crippen LogP contribution in [0.15, 0.2) is 0 Å². The Morgan fingerprint density at radius 3 is 2.45 bits per heavy atom. The maximum absolute atomic E-state index is 12.4. The van der Waals surface area contributed by atoms with E-state index in [1.165, 1.54) is 0 Å². The van der Waals surface area contributed by atoms with E-state index in [1.807, 2.05) is 20.8 Å². The highest BCUT2D eigenvalue weighted by atomic mass is 16.6. The molecule has 0 radical (unpaired) electrons. The Bertz CT molecular complexity index is 468. The van der Waals surface area contributed by atoms with Crippen LogP contribution in [0.4, 0.5) is 4.79 Å². The maximum Gasteiger partial charge on any atom is 0.410 e. The molecule has 2 saturated heterocycles. The molecule has 0 saturated carbocycles. The van der Waals surface area contributed by atoms with Crippen molar-refractivity contribution in [1.29, 1.82) is 0 Å². The van der Waals surface area contributed by atoms with Crippen molar-refractivity contribution < 1.29 is 23.9 Å². The predicted octanol–water partition coefficient (Wildman–Crippen LogP) is 2.30. The molecule has 2 rings (SSSR count). The molecule has 6 nitrogen and oxygen atoms in total. The third kappa shape index (κ3) is 3.59. The van der Waals surface area contributed by atoms with E-state index in [2.05, 4.69) is 0 Å². The third-order valence-corrected chi connectivity index (χ3v) is 4.13. The third-order valence-electron chi connectivity index (χ3n) is 4.13. The molecule has 1 unspecified atom stereocenters. The van der Waals surface area contributed by atoms with Gasteiger partial charge < -0.3 is 14.4 Å². The van der Waals surface area contributed by atoms with Crippen molar-refractivity contribution in [2.45, 2.75) is 71.1 Å². The van der Waals surface area contributed by atoms with Crippen molar-refractivity contribution in [1.82, 2.24) is 4.90 Å². The first-order valence-electron chi connectivity index (χ1n) is 7.93. The standard InChI is InChI=1S/C16H25NO5/c1-5-21-14(19)12-8-10-6-7-11(9-13(12)18)17(10)15(20)22-16(2,3)4/h10-12H,5-9H2,1-4H3/t10-,11+,12?/m0/s1. The number of hydrogen-bond acceptors (Lipinski definition) is 5. The Balaban J connectivity index is 2.14. The fraction of sp³-hybridized carbons (Fsp3) is 0.812. The summed E-state index contributed by atoms with van der Waals surface area (Å²) in [6, 6.07) is -0.285. The number of Topliss-reactive ketones (excluding diaryl/α,β-unsaturated/α-hetero) is 1. The number of nitrogens with zero attached hydrogens (tertiary/aromatic N) is 1. The fourth-order valence-corrected chi connectivity index (χ4v) is 3.25. The van der Waals surface area contributed by atoms with Crippen LogP contribution < -0.4 is 0 Å². The van der Waals surface area contributed by atoms with Crippen LogP contribution in [0, 0.1) is 5.92 Å². The van der Waals surface area contributed by atoms with Crippen LogP contribution in [0.3, 0.4) is 0 Å². The number of ketones is 1. The second-order valence-corrected chi connectivity index (χ2v) is 6.98. The van der Waals surface area contributed by atoms with Gasteiger partial charge in [0.15, 0.2) is 0 Å². The number of carbonyl (C=O) groups is 3. The molecule has 2 aliphatic rings. The largest absolute Gasteiger partial charge is 0.465 e. The van der Waals surface area contributed by atoms with Gasteiger partial charge in [-0.15, -0.1) is 0 Å². The van der Waals surface area contributed by atoms with Gasteiger partial charge in [-0.3, -0.25) is 9.59 Å². The van der Waals surface area contributed by atoms with E-state index in [9.17, 15) is 14.4 Å². The van der Waals surface area contributed by atoms with E-state index < -0.39 is 23.6 Å². The Hall–Kier alpha value is -1.59. The normalized spacial score (nSPS) is 28.3. The van der Waals surface area contributed by atoms with E-state index >= 15 is 0 Å². The lowest BCUT2D eigenvalue weighted by Crippen LogP contribution is -2.43. The van der Waals surface area contributed by atoms with Crippen molar-refractivity contribution in [3.05, 3.63) is 0 Å². The summed E-state index contributed by atoms with van der Waals surface area (Å²) in [5.41, 5.74) is -0.576. The molecule has 6 heteroatoms. The Morgan fingerprint density at radius 2 is 1.86 bits per heavy atom. The van der Waals surface area contributed by atoms with Gasteiger partial charge in [0.1, 0.15) is 17.3 Å². The molecule has 0 aromatic rings. The average Bonchev–Trinajstić information content (AvgIpc) is 2.68. The highest BCUT2D eigenvalue weighted by Crippen LogP contribution is 2.36. The molecule has 2 bridgehead atoms. The van der Waals surface area contributed by atoms with Crippen molar-refractivity contribution in [2.24, 2.45) is 5.92 Å². The number of fused-ring (bicyclic) bond motifs is 2. The first-order valence-corrected chi connectivity index (χ1v) is 7.93. The Morgan fingerprint density at radius 1 is 1.23 bits per heavy atom. The van der Waals surface area contributed by atoms with Gasteiger partial charge in [0, 0.05) is 18.5 Å². The second-order valence-electron chi connectivity index (χ2n) is 6.98. The van der Waals surface area contributed by atoms with Crippen LogP contribution in [-0.4, -0.2) is 47.0 Å². The van der Waals surface area contributed by atoms with Gasteiger partial charge in [-0.25, -0.2) is 4.79 Å². The van der Waals surface area contributed by atoms with Gasteiger partial charge in [-0.2, -0.15) is 0 Å². The molecule has 124 valence electrons. The zero-order valence-corrected chi connectivity index (χ0v) is 13.8. The fourth-order valence-electron chi connectivity index (χ4n) is 3.25. The molecule has 0 spiro atoms. The Labute approximate surface area is 131 Å². The Kier molecular flexibility index (Phi) is 4.78. The van der Waals surface area contributed by atoms with Crippen LogP contribution in [0.5, 0.6) is 0 Å².